The van der Waals surface area contributed by atoms with E-state index in [1.54, 1.807) is 0 Å². The van der Waals surface area contributed by atoms with Gasteiger partial charge in [-0.25, -0.2) is 0 Å². The van der Waals surface area contributed by atoms with Gasteiger partial charge in [0.1, 0.15) is 0 Å². The second-order valence-electron chi connectivity index (χ2n) is 5.42. The average molecular weight is 345 g/mol. The second-order valence-corrected chi connectivity index (χ2v) is 6.34. The summed E-state index contributed by atoms with van der Waals surface area (Å²) in [6.45, 7) is 3.29. The van der Waals surface area contributed by atoms with E-state index in [2.05, 4.69) is 22.0 Å². The number of nitrogen functional groups attached to an aromatic ring is 1. The molecule has 3 nitrogen and oxygen atoms in total. The van der Waals surface area contributed by atoms with Crippen molar-refractivity contribution in [2.75, 3.05) is 12.3 Å². The Balaban J connectivity index is 1.91. The van der Waals surface area contributed by atoms with Gasteiger partial charge >= 0.3 is 0 Å². The zero-order valence-electron chi connectivity index (χ0n) is 11.9. The van der Waals surface area contributed by atoms with Gasteiger partial charge < -0.3 is 10.6 Å². The van der Waals surface area contributed by atoms with Crippen LogP contribution in [0, 0.1) is 6.92 Å². The number of nitrogens with zero attached hydrogens (tertiary/aromatic N) is 1. The van der Waals surface area contributed by atoms with E-state index in [1.807, 2.05) is 42.2 Å². The SMILES string of the molecule is Cc1ccc(Br)cc1C(=O)N1CCc2cccc(N)c2C1. The molecule has 0 saturated heterocycles. The highest BCUT2D eigenvalue weighted by atomic mass is 79.9. The van der Waals surface area contributed by atoms with Crippen molar-refractivity contribution >= 4 is 27.5 Å². The average Bonchev–Trinajstić information content (AvgIpc) is 2.49. The summed E-state index contributed by atoms with van der Waals surface area (Å²) in [5.74, 6) is 0.0719. The van der Waals surface area contributed by atoms with Gasteiger partial charge in [0, 0.05) is 28.8 Å². The Kier molecular flexibility index (Phi) is 3.72. The van der Waals surface area contributed by atoms with Crippen LogP contribution in [0.25, 0.3) is 0 Å². The molecule has 3 rings (SSSR count). The lowest BCUT2D eigenvalue weighted by molar-refractivity contribution is 0.0734. The van der Waals surface area contributed by atoms with E-state index in [0.29, 0.717) is 6.54 Å². The van der Waals surface area contributed by atoms with Crippen LogP contribution in [0.1, 0.15) is 27.0 Å². The van der Waals surface area contributed by atoms with Crippen LogP contribution in [0.15, 0.2) is 40.9 Å². The first kappa shape index (κ1) is 14.1. The van der Waals surface area contributed by atoms with E-state index in [9.17, 15) is 4.79 Å². The Morgan fingerprint density at radius 1 is 1.29 bits per heavy atom. The number of hydrogen-bond donors (Lipinski definition) is 1. The number of fused-ring (bicyclic) bond motifs is 1. The standard InChI is InChI=1S/C17H17BrN2O/c1-11-5-6-13(18)9-14(11)17(21)20-8-7-12-3-2-4-16(19)15(12)10-20/h2-6,9H,7-8,10,19H2,1H3. The molecule has 0 spiro atoms. The normalized spacial score (nSPS) is 13.9. The van der Waals surface area contributed by atoms with E-state index in [4.69, 9.17) is 5.73 Å². The molecule has 2 aromatic carbocycles. The van der Waals surface area contributed by atoms with Crippen LogP contribution in [-0.2, 0) is 13.0 Å². The Morgan fingerprint density at radius 3 is 2.90 bits per heavy atom. The molecule has 0 aromatic heterocycles. The van der Waals surface area contributed by atoms with E-state index in [-0.39, 0.29) is 5.91 Å². The van der Waals surface area contributed by atoms with Crippen molar-refractivity contribution in [1.29, 1.82) is 0 Å². The van der Waals surface area contributed by atoms with Gasteiger partial charge in [-0.1, -0.05) is 34.1 Å². The molecule has 2 N–H and O–H groups in total. The van der Waals surface area contributed by atoms with E-state index < -0.39 is 0 Å². The molecule has 1 heterocycles. The Labute approximate surface area is 132 Å². The third-order valence-electron chi connectivity index (χ3n) is 4.03. The number of rotatable bonds is 1. The fraction of sp³-hybridized carbons (Fsp3) is 0.235. The lowest BCUT2D eigenvalue weighted by atomic mass is 9.97. The summed E-state index contributed by atoms with van der Waals surface area (Å²) in [6, 6.07) is 11.8. The topological polar surface area (TPSA) is 46.3 Å². The minimum absolute atomic E-state index is 0.0719. The zero-order chi connectivity index (χ0) is 15.0. The molecule has 4 heteroatoms. The first-order valence-electron chi connectivity index (χ1n) is 6.98. The molecule has 21 heavy (non-hydrogen) atoms. The van der Waals surface area contributed by atoms with Crippen LogP contribution in [0.3, 0.4) is 0 Å². The van der Waals surface area contributed by atoms with Crippen molar-refractivity contribution in [3.63, 3.8) is 0 Å². The maximum Gasteiger partial charge on any atom is 0.254 e. The predicted octanol–water partition coefficient (Wildman–Crippen LogP) is 3.54. The Hall–Kier alpha value is -1.81. The van der Waals surface area contributed by atoms with Gasteiger partial charge in [0.2, 0.25) is 0 Å². The fourth-order valence-corrected chi connectivity index (χ4v) is 3.14. The molecule has 0 fully saturated rings. The predicted molar refractivity (Wildman–Crippen MR) is 88.2 cm³/mol. The van der Waals surface area contributed by atoms with Crippen molar-refractivity contribution < 1.29 is 4.79 Å². The summed E-state index contributed by atoms with van der Waals surface area (Å²) >= 11 is 3.44. The number of aryl methyl sites for hydroxylation is 1. The summed E-state index contributed by atoms with van der Waals surface area (Å²) < 4.78 is 0.924. The molecule has 0 saturated carbocycles. The van der Waals surface area contributed by atoms with Crippen LogP contribution in [0.2, 0.25) is 0 Å². The van der Waals surface area contributed by atoms with Crippen LogP contribution in [0.4, 0.5) is 5.69 Å². The summed E-state index contributed by atoms with van der Waals surface area (Å²) in [5, 5.41) is 0. The molecule has 0 aliphatic carbocycles. The van der Waals surface area contributed by atoms with Gasteiger partial charge in [0.25, 0.3) is 5.91 Å². The number of amides is 1. The molecule has 1 aliphatic heterocycles. The van der Waals surface area contributed by atoms with Crippen molar-refractivity contribution in [1.82, 2.24) is 4.90 Å². The van der Waals surface area contributed by atoms with Gasteiger partial charge in [-0.05, 0) is 48.2 Å². The van der Waals surface area contributed by atoms with Crippen LogP contribution in [-0.4, -0.2) is 17.4 Å². The third-order valence-corrected chi connectivity index (χ3v) is 4.52. The minimum atomic E-state index is 0.0719. The van der Waals surface area contributed by atoms with E-state index in [0.717, 1.165) is 39.8 Å². The van der Waals surface area contributed by atoms with Crippen molar-refractivity contribution in [2.24, 2.45) is 0 Å². The first-order chi connectivity index (χ1) is 10.1. The molecule has 2 aromatic rings. The van der Waals surface area contributed by atoms with Gasteiger partial charge in [-0.3, -0.25) is 4.79 Å². The molecule has 108 valence electrons. The summed E-state index contributed by atoms with van der Waals surface area (Å²) in [7, 11) is 0. The second kappa shape index (κ2) is 5.53. The fourth-order valence-electron chi connectivity index (χ4n) is 2.78. The highest BCUT2D eigenvalue weighted by Gasteiger charge is 2.24. The highest BCUT2D eigenvalue weighted by molar-refractivity contribution is 9.10. The minimum Gasteiger partial charge on any atom is -0.398 e. The number of hydrogen-bond acceptors (Lipinski definition) is 2. The number of carbonyl (C=O) groups is 1. The molecule has 1 amide bonds. The Bertz CT molecular complexity index is 712. The quantitative estimate of drug-likeness (QED) is 0.804. The number of nitrogens with two attached hydrogens (primary N) is 1. The monoisotopic (exact) mass is 344 g/mol. The Morgan fingerprint density at radius 2 is 2.10 bits per heavy atom. The summed E-state index contributed by atoms with van der Waals surface area (Å²) in [5.41, 5.74) is 10.9. The number of benzene rings is 2. The molecular formula is C17H17BrN2O. The maximum atomic E-state index is 12.8. The smallest absolute Gasteiger partial charge is 0.254 e. The summed E-state index contributed by atoms with van der Waals surface area (Å²) in [6.07, 6.45) is 0.860. The molecule has 0 unspecified atom stereocenters. The number of carbonyl (C=O) groups excluding carboxylic acids is 1. The van der Waals surface area contributed by atoms with Gasteiger partial charge in [-0.15, -0.1) is 0 Å². The number of halogens is 1. The lowest BCUT2D eigenvalue weighted by Crippen LogP contribution is -2.36. The molecule has 0 radical (unpaired) electrons. The van der Waals surface area contributed by atoms with Crippen LogP contribution < -0.4 is 5.73 Å². The third kappa shape index (κ3) is 2.68. The van der Waals surface area contributed by atoms with Crippen LogP contribution in [0.5, 0.6) is 0 Å². The molecule has 0 atom stereocenters. The lowest BCUT2D eigenvalue weighted by Gasteiger charge is -2.30. The molecule has 0 bridgehead atoms. The maximum absolute atomic E-state index is 12.8. The summed E-state index contributed by atoms with van der Waals surface area (Å²) in [4.78, 5) is 14.6. The number of anilines is 1. The largest absolute Gasteiger partial charge is 0.398 e. The van der Waals surface area contributed by atoms with Gasteiger partial charge in [0.15, 0.2) is 0 Å². The molecular weight excluding hydrogens is 328 g/mol. The van der Waals surface area contributed by atoms with Crippen LogP contribution >= 0.6 is 15.9 Å². The van der Waals surface area contributed by atoms with Crippen molar-refractivity contribution in [2.45, 2.75) is 19.9 Å². The van der Waals surface area contributed by atoms with E-state index >= 15 is 0 Å². The van der Waals surface area contributed by atoms with Crippen molar-refractivity contribution in [3.05, 3.63) is 63.1 Å². The van der Waals surface area contributed by atoms with Crippen molar-refractivity contribution in [3.8, 4) is 0 Å². The zero-order valence-corrected chi connectivity index (χ0v) is 13.5. The van der Waals surface area contributed by atoms with Gasteiger partial charge in [-0.2, -0.15) is 0 Å². The highest BCUT2D eigenvalue weighted by Crippen LogP contribution is 2.26. The van der Waals surface area contributed by atoms with E-state index in [1.165, 1.54) is 5.56 Å². The molecule has 1 aliphatic rings. The first-order valence-corrected chi connectivity index (χ1v) is 7.77. The van der Waals surface area contributed by atoms with Gasteiger partial charge in [0.05, 0.1) is 0 Å².